The molecule has 4 rings (SSSR count). The molecule has 1 unspecified atom stereocenters. The van der Waals surface area contributed by atoms with Crippen molar-refractivity contribution in [1.82, 2.24) is 9.97 Å². The van der Waals surface area contributed by atoms with Gasteiger partial charge in [-0.05, 0) is 50.3 Å². The van der Waals surface area contributed by atoms with E-state index in [1.54, 1.807) is 0 Å². The number of rotatable bonds is 2. The first-order chi connectivity index (χ1) is 10.8. The molecule has 0 aliphatic carbocycles. The van der Waals surface area contributed by atoms with Gasteiger partial charge in [0.25, 0.3) is 0 Å². The van der Waals surface area contributed by atoms with E-state index in [9.17, 15) is 0 Å². The van der Waals surface area contributed by atoms with Gasteiger partial charge in [0.1, 0.15) is 5.82 Å². The minimum absolute atomic E-state index is 0.446. The topological polar surface area (TPSA) is 32.3 Å². The van der Waals surface area contributed by atoms with Crippen molar-refractivity contribution in [3.8, 4) is 0 Å². The lowest BCUT2D eigenvalue weighted by molar-refractivity contribution is 0.568. The monoisotopic (exact) mass is 294 g/mol. The van der Waals surface area contributed by atoms with Crippen molar-refractivity contribution in [2.75, 3.05) is 22.9 Å². The number of piperidine rings is 1. The van der Waals surface area contributed by atoms with Crippen molar-refractivity contribution >= 4 is 17.5 Å². The molecule has 22 heavy (non-hydrogen) atoms. The van der Waals surface area contributed by atoms with E-state index in [0.29, 0.717) is 6.04 Å². The van der Waals surface area contributed by atoms with Gasteiger partial charge < -0.3 is 9.80 Å². The molecule has 0 saturated carbocycles. The molecule has 1 fully saturated rings. The fraction of sp³-hybridized carbons (Fsp3) is 0.444. The zero-order valence-corrected chi connectivity index (χ0v) is 13.1. The van der Waals surface area contributed by atoms with E-state index >= 15 is 0 Å². The molecule has 4 heteroatoms. The number of aromatic nitrogens is 2. The van der Waals surface area contributed by atoms with E-state index in [1.165, 1.54) is 30.5 Å². The fourth-order valence-electron chi connectivity index (χ4n) is 3.63. The van der Waals surface area contributed by atoms with Crippen LogP contribution in [0.1, 0.15) is 31.7 Å². The minimum atomic E-state index is 0.446. The van der Waals surface area contributed by atoms with Gasteiger partial charge in [-0.2, -0.15) is 4.98 Å². The SMILES string of the molecule is CC1Cc2ccccc2N1c1ccnc(N2CCCCC2)n1. The van der Waals surface area contributed by atoms with Gasteiger partial charge >= 0.3 is 0 Å². The second-order valence-electron chi connectivity index (χ2n) is 6.31. The Morgan fingerprint density at radius 2 is 1.86 bits per heavy atom. The highest BCUT2D eigenvalue weighted by molar-refractivity contribution is 5.69. The zero-order chi connectivity index (χ0) is 14.9. The Morgan fingerprint density at radius 1 is 1.05 bits per heavy atom. The van der Waals surface area contributed by atoms with Crippen LogP contribution < -0.4 is 9.80 Å². The normalized spacial score (nSPS) is 21.0. The van der Waals surface area contributed by atoms with Gasteiger partial charge in [0.05, 0.1) is 0 Å². The lowest BCUT2D eigenvalue weighted by Crippen LogP contribution is -2.32. The van der Waals surface area contributed by atoms with Gasteiger partial charge in [0.15, 0.2) is 0 Å². The van der Waals surface area contributed by atoms with E-state index < -0.39 is 0 Å². The minimum Gasteiger partial charge on any atom is -0.341 e. The van der Waals surface area contributed by atoms with Crippen LogP contribution in [0.2, 0.25) is 0 Å². The third-order valence-electron chi connectivity index (χ3n) is 4.72. The van der Waals surface area contributed by atoms with Crippen LogP contribution in [-0.2, 0) is 6.42 Å². The van der Waals surface area contributed by atoms with Crippen molar-refractivity contribution < 1.29 is 0 Å². The van der Waals surface area contributed by atoms with Crippen LogP contribution in [0.25, 0.3) is 0 Å². The van der Waals surface area contributed by atoms with Gasteiger partial charge in [-0.3, -0.25) is 0 Å². The second-order valence-corrected chi connectivity index (χ2v) is 6.31. The predicted octanol–water partition coefficient (Wildman–Crippen LogP) is 3.55. The molecule has 1 aromatic carbocycles. The largest absolute Gasteiger partial charge is 0.341 e. The van der Waals surface area contributed by atoms with Gasteiger partial charge in [-0.15, -0.1) is 0 Å². The molecule has 2 aliphatic heterocycles. The summed E-state index contributed by atoms with van der Waals surface area (Å²) in [6.45, 7) is 4.42. The molecule has 3 heterocycles. The van der Waals surface area contributed by atoms with Crippen LogP contribution in [0.3, 0.4) is 0 Å². The molecule has 1 atom stereocenters. The molecule has 1 aromatic heterocycles. The Hall–Kier alpha value is -2.10. The summed E-state index contributed by atoms with van der Waals surface area (Å²) < 4.78 is 0. The summed E-state index contributed by atoms with van der Waals surface area (Å²) in [5, 5.41) is 0. The second kappa shape index (κ2) is 5.59. The molecule has 4 nitrogen and oxygen atoms in total. The first kappa shape index (κ1) is 13.6. The average molecular weight is 294 g/mol. The third kappa shape index (κ3) is 2.32. The maximum atomic E-state index is 4.87. The molecule has 2 aromatic rings. The Labute approximate surface area is 131 Å². The lowest BCUT2D eigenvalue weighted by atomic mass is 10.1. The Kier molecular flexibility index (Phi) is 3.45. The average Bonchev–Trinajstić information content (AvgIpc) is 2.91. The first-order valence-electron chi connectivity index (χ1n) is 8.28. The van der Waals surface area contributed by atoms with E-state index in [0.717, 1.165) is 31.3 Å². The van der Waals surface area contributed by atoms with Crippen molar-refractivity contribution in [3.05, 3.63) is 42.1 Å². The molecule has 1 saturated heterocycles. The molecule has 0 N–H and O–H groups in total. The number of fused-ring (bicyclic) bond motifs is 1. The van der Waals surface area contributed by atoms with Gasteiger partial charge in [0, 0.05) is 31.0 Å². The van der Waals surface area contributed by atoms with Gasteiger partial charge in [-0.1, -0.05) is 18.2 Å². The highest BCUT2D eigenvalue weighted by atomic mass is 15.3. The number of hydrogen-bond donors (Lipinski definition) is 0. The van der Waals surface area contributed by atoms with Crippen LogP contribution in [0.15, 0.2) is 36.5 Å². The summed E-state index contributed by atoms with van der Waals surface area (Å²) in [6.07, 6.45) is 6.80. The summed E-state index contributed by atoms with van der Waals surface area (Å²) in [4.78, 5) is 14.0. The fourth-order valence-corrected chi connectivity index (χ4v) is 3.63. The van der Waals surface area contributed by atoms with Gasteiger partial charge in [0.2, 0.25) is 5.95 Å². The Morgan fingerprint density at radius 3 is 2.73 bits per heavy atom. The van der Waals surface area contributed by atoms with E-state index in [1.807, 2.05) is 12.3 Å². The van der Waals surface area contributed by atoms with Crippen molar-refractivity contribution in [2.45, 2.75) is 38.6 Å². The molecular weight excluding hydrogens is 272 g/mol. The highest BCUT2D eigenvalue weighted by Crippen LogP contribution is 2.37. The van der Waals surface area contributed by atoms with Crippen LogP contribution >= 0.6 is 0 Å². The van der Waals surface area contributed by atoms with Crippen LogP contribution in [0.5, 0.6) is 0 Å². The van der Waals surface area contributed by atoms with E-state index in [-0.39, 0.29) is 0 Å². The molecule has 0 bridgehead atoms. The van der Waals surface area contributed by atoms with Gasteiger partial charge in [-0.25, -0.2) is 4.98 Å². The highest BCUT2D eigenvalue weighted by Gasteiger charge is 2.28. The number of anilines is 3. The third-order valence-corrected chi connectivity index (χ3v) is 4.72. The quantitative estimate of drug-likeness (QED) is 0.848. The van der Waals surface area contributed by atoms with E-state index in [4.69, 9.17) is 4.98 Å². The summed E-state index contributed by atoms with van der Waals surface area (Å²) in [7, 11) is 0. The van der Waals surface area contributed by atoms with Crippen molar-refractivity contribution in [1.29, 1.82) is 0 Å². The van der Waals surface area contributed by atoms with Crippen LogP contribution in [0.4, 0.5) is 17.5 Å². The molecule has 0 spiro atoms. The summed E-state index contributed by atoms with van der Waals surface area (Å²) in [5.74, 6) is 1.90. The van der Waals surface area contributed by atoms with Crippen molar-refractivity contribution in [2.24, 2.45) is 0 Å². The molecule has 2 aliphatic rings. The number of nitrogens with zero attached hydrogens (tertiary/aromatic N) is 4. The number of hydrogen-bond acceptors (Lipinski definition) is 4. The molecule has 114 valence electrons. The Balaban J connectivity index is 1.68. The molecular formula is C18H22N4. The lowest BCUT2D eigenvalue weighted by Gasteiger charge is -2.29. The first-order valence-corrected chi connectivity index (χ1v) is 8.28. The summed E-state index contributed by atoms with van der Waals surface area (Å²) >= 11 is 0. The smallest absolute Gasteiger partial charge is 0.227 e. The van der Waals surface area contributed by atoms with Crippen molar-refractivity contribution in [3.63, 3.8) is 0 Å². The molecule has 0 amide bonds. The maximum Gasteiger partial charge on any atom is 0.227 e. The van der Waals surface area contributed by atoms with Crippen LogP contribution in [-0.4, -0.2) is 29.1 Å². The summed E-state index contributed by atoms with van der Waals surface area (Å²) in [5.41, 5.74) is 2.70. The Bertz CT molecular complexity index is 664. The number of benzene rings is 1. The van der Waals surface area contributed by atoms with Crippen LogP contribution in [0, 0.1) is 0 Å². The van der Waals surface area contributed by atoms with E-state index in [2.05, 4.69) is 46.0 Å². The summed E-state index contributed by atoms with van der Waals surface area (Å²) in [6, 6.07) is 11.1. The zero-order valence-electron chi connectivity index (χ0n) is 13.1. The predicted molar refractivity (Wildman–Crippen MR) is 89.8 cm³/mol. The molecule has 0 radical (unpaired) electrons. The number of para-hydroxylation sites is 1. The maximum absolute atomic E-state index is 4.87. The standard InChI is InChI=1S/C18H22N4/c1-14-13-15-7-3-4-8-16(15)22(14)17-9-10-19-18(20-17)21-11-5-2-6-12-21/h3-4,7-10,14H,2,5-6,11-13H2,1H3.